The van der Waals surface area contributed by atoms with Crippen LogP contribution in [0.25, 0.3) is 11.1 Å². The molecule has 37 heavy (non-hydrogen) atoms. The molecule has 0 spiro atoms. The Labute approximate surface area is 221 Å². The van der Waals surface area contributed by atoms with Gasteiger partial charge in [-0.1, -0.05) is 81.4 Å². The number of fused-ring (bicyclic) bond motifs is 1. The van der Waals surface area contributed by atoms with E-state index >= 15 is 0 Å². The largest absolute Gasteiger partial charge is 0.465 e. The van der Waals surface area contributed by atoms with E-state index in [0.717, 1.165) is 23.1 Å². The minimum Gasteiger partial charge on any atom is -0.465 e. The summed E-state index contributed by atoms with van der Waals surface area (Å²) in [7, 11) is -0.630. The Bertz CT molecular complexity index is 1340. The minimum atomic E-state index is -2.02. The Morgan fingerprint density at radius 3 is 1.84 bits per heavy atom. The molecule has 0 N–H and O–H groups in total. The summed E-state index contributed by atoms with van der Waals surface area (Å²) >= 11 is 0. The van der Waals surface area contributed by atoms with E-state index in [4.69, 9.17) is 9.16 Å². The van der Waals surface area contributed by atoms with E-state index in [0.29, 0.717) is 11.1 Å². The lowest BCUT2D eigenvalue weighted by Gasteiger charge is -2.38. The van der Waals surface area contributed by atoms with Crippen LogP contribution >= 0.6 is 0 Å². The van der Waals surface area contributed by atoms with Crippen LogP contribution in [0.2, 0.25) is 18.1 Å². The van der Waals surface area contributed by atoms with Crippen LogP contribution in [-0.2, 0) is 9.16 Å². The average molecular weight is 513 g/mol. The number of ether oxygens (including phenoxy) is 1. The number of rotatable bonds is 6. The van der Waals surface area contributed by atoms with Gasteiger partial charge >= 0.3 is 5.97 Å². The molecule has 0 bridgehead atoms. The zero-order valence-electron chi connectivity index (χ0n) is 22.8. The zero-order valence-corrected chi connectivity index (χ0v) is 23.8. The first-order chi connectivity index (χ1) is 17.4. The topological polar surface area (TPSA) is 52.6 Å². The molecule has 1 unspecified atom stereocenters. The lowest BCUT2D eigenvalue weighted by atomic mass is 9.89. The van der Waals surface area contributed by atoms with E-state index in [9.17, 15) is 9.59 Å². The Morgan fingerprint density at radius 1 is 0.811 bits per heavy atom. The Balaban J connectivity index is 1.89. The number of ketones is 1. The summed E-state index contributed by atoms with van der Waals surface area (Å²) in [6.45, 7) is 13.0. The van der Waals surface area contributed by atoms with Crippen molar-refractivity contribution in [3.63, 3.8) is 0 Å². The fraction of sp³-hybridized carbons (Fsp3) is 0.312. The molecule has 0 amide bonds. The van der Waals surface area contributed by atoms with Gasteiger partial charge in [-0.2, -0.15) is 0 Å². The van der Waals surface area contributed by atoms with Crippen LogP contribution in [0.5, 0.6) is 0 Å². The first-order valence-corrected chi connectivity index (χ1v) is 15.6. The Hall–Kier alpha value is -3.28. The molecule has 5 heteroatoms. The summed E-state index contributed by atoms with van der Waals surface area (Å²) in [5, 5.41) is 0.101. The van der Waals surface area contributed by atoms with Crippen LogP contribution in [0.1, 0.15) is 83.2 Å². The third-order valence-corrected chi connectivity index (χ3v) is 12.2. The maximum absolute atomic E-state index is 12.1. The monoisotopic (exact) mass is 512 g/mol. The molecule has 0 saturated carbocycles. The highest BCUT2D eigenvalue weighted by Crippen LogP contribution is 2.50. The van der Waals surface area contributed by atoms with Crippen molar-refractivity contribution < 1.29 is 18.8 Å². The summed E-state index contributed by atoms with van der Waals surface area (Å²) in [5.41, 5.74) is 7.91. The Kier molecular flexibility index (Phi) is 7.40. The van der Waals surface area contributed by atoms with Crippen LogP contribution in [-0.4, -0.2) is 27.2 Å². The van der Waals surface area contributed by atoms with Gasteiger partial charge in [-0.15, -0.1) is 0 Å². The van der Waals surface area contributed by atoms with Gasteiger partial charge in [-0.3, -0.25) is 4.79 Å². The van der Waals surface area contributed by atoms with Crippen LogP contribution < -0.4 is 0 Å². The number of carbonyl (C=O) groups excluding carboxylic acids is 2. The second-order valence-corrected chi connectivity index (χ2v) is 16.0. The van der Waals surface area contributed by atoms with Gasteiger partial charge in [-0.25, -0.2) is 4.79 Å². The van der Waals surface area contributed by atoms with E-state index in [1.165, 1.54) is 23.8 Å². The fourth-order valence-electron chi connectivity index (χ4n) is 4.61. The number of hydrogen-bond acceptors (Lipinski definition) is 4. The van der Waals surface area contributed by atoms with Gasteiger partial charge in [0, 0.05) is 12.0 Å². The summed E-state index contributed by atoms with van der Waals surface area (Å²) in [4.78, 5) is 24.0. The standard InChI is InChI=1S/C32H36O4Si/c1-21(33)22-12-14-23(15-13-22)30(24-16-18-25(19-17-24)31(34)35-5)28-20-29(27-11-9-8-10-26(27)28)36-37(6,7)32(2,3)4/h8-19,29H,20H2,1-7H3/b30-28-. The smallest absolute Gasteiger partial charge is 0.337 e. The van der Waals surface area contributed by atoms with E-state index in [2.05, 4.69) is 58.1 Å². The molecule has 0 aromatic heterocycles. The molecule has 192 valence electrons. The molecule has 3 aromatic rings. The van der Waals surface area contributed by atoms with Gasteiger partial charge in [0.05, 0.1) is 18.8 Å². The lowest BCUT2D eigenvalue weighted by molar-refractivity contribution is 0.0600. The minimum absolute atomic E-state index is 0.0204. The first-order valence-electron chi connectivity index (χ1n) is 12.7. The number of carbonyl (C=O) groups is 2. The molecule has 0 radical (unpaired) electrons. The summed E-state index contributed by atoms with van der Waals surface area (Å²) in [6.07, 6.45) is 0.738. The van der Waals surface area contributed by atoms with E-state index in [1.54, 1.807) is 19.1 Å². The maximum atomic E-state index is 12.1. The molecular formula is C32H36O4Si. The number of benzene rings is 3. The molecular weight excluding hydrogens is 476 g/mol. The van der Waals surface area contributed by atoms with Gasteiger partial charge in [0.25, 0.3) is 0 Å². The fourth-order valence-corrected chi connectivity index (χ4v) is 5.88. The first kappa shape index (κ1) is 26.8. The van der Waals surface area contributed by atoms with Gasteiger partial charge in [0.1, 0.15) is 0 Å². The average Bonchev–Trinajstić information content (AvgIpc) is 3.21. The third kappa shape index (κ3) is 5.38. The SMILES string of the molecule is COC(=O)c1ccc(/C(=C2/CC(O[Si](C)(C)C(C)(C)C)c3ccccc32)c2ccc(C(C)=O)cc2)cc1. The zero-order chi connectivity index (χ0) is 27.0. The molecule has 0 fully saturated rings. The quantitative estimate of drug-likeness (QED) is 0.190. The summed E-state index contributed by atoms with van der Waals surface area (Å²) in [6, 6.07) is 23.8. The molecule has 4 nitrogen and oxygen atoms in total. The lowest BCUT2D eigenvalue weighted by Crippen LogP contribution is -2.41. The molecule has 3 aromatic carbocycles. The summed E-state index contributed by atoms with van der Waals surface area (Å²) in [5.74, 6) is -0.321. The molecule has 1 aliphatic carbocycles. The van der Waals surface area contributed by atoms with Gasteiger partial charge < -0.3 is 9.16 Å². The molecule has 0 heterocycles. The maximum Gasteiger partial charge on any atom is 0.337 e. The molecule has 0 saturated heterocycles. The number of hydrogen-bond donors (Lipinski definition) is 0. The van der Waals surface area contributed by atoms with E-state index in [-0.39, 0.29) is 22.9 Å². The number of Topliss-reactive ketones (excluding diaryl/α,β-unsaturated/α-hetero) is 1. The van der Waals surface area contributed by atoms with Crippen LogP contribution in [0.3, 0.4) is 0 Å². The molecule has 1 aliphatic rings. The van der Waals surface area contributed by atoms with Gasteiger partial charge in [-0.05, 0) is 70.6 Å². The van der Waals surface area contributed by atoms with Crippen LogP contribution in [0.4, 0.5) is 0 Å². The summed E-state index contributed by atoms with van der Waals surface area (Å²) < 4.78 is 11.9. The Morgan fingerprint density at radius 2 is 1.32 bits per heavy atom. The van der Waals surface area contributed by atoms with E-state index in [1.807, 2.05) is 36.4 Å². The third-order valence-electron chi connectivity index (χ3n) is 7.74. The van der Waals surface area contributed by atoms with Gasteiger partial charge in [0.15, 0.2) is 14.1 Å². The predicted molar refractivity (Wildman–Crippen MR) is 152 cm³/mol. The second-order valence-electron chi connectivity index (χ2n) is 11.2. The van der Waals surface area contributed by atoms with Crippen molar-refractivity contribution in [3.05, 3.63) is 106 Å². The van der Waals surface area contributed by atoms with Crippen molar-refractivity contribution in [1.29, 1.82) is 0 Å². The number of esters is 1. The highest BCUT2D eigenvalue weighted by Gasteiger charge is 2.42. The van der Waals surface area contributed by atoms with Crippen molar-refractivity contribution in [1.82, 2.24) is 0 Å². The number of methoxy groups -OCH3 is 1. The van der Waals surface area contributed by atoms with Crippen LogP contribution in [0, 0.1) is 0 Å². The second kappa shape index (κ2) is 10.2. The van der Waals surface area contributed by atoms with Crippen molar-refractivity contribution in [2.24, 2.45) is 0 Å². The highest BCUT2D eigenvalue weighted by molar-refractivity contribution is 6.74. The van der Waals surface area contributed by atoms with Gasteiger partial charge in [0.2, 0.25) is 0 Å². The van der Waals surface area contributed by atoms with Crippen molar-refractivity contribution in [3.8, 4) is 0 Å². The van der Waals surface area contributed by atoms with Crippen molar-refractivity contribution >= 4 is 31.2 Å². The molecule has 1 atom stereocenters. The predicted octanol–water partition coefficient (Wildman–Crippen LogP) is 8.10. The molecule has 4 rings (SSSR count). The molecule has 0 aliphatic heterocycles. The van der Waals surface area contributed by atoms with Crippen LogP contribution in [0.15, 0.2) is 72.8 Å². The van der Waals surface area contributed by atoms with Crippen molar-refractivity contribution in [2.75, 3.05) is 7.11 Å². The van der Waals surface area contributed by atoms with E-state index < -0.39 is 8.32 Å². The highest BCUT2D eigenvalue weighted by atomic mass is 28.4. The normalized spacial score (nSPS) is 16.8. The van der Waals surface area contributed by atoms with Crippen molar-refractivity contribution in [2.45, 2.75) is 58.4 Å².